The molecule has 3 rings (SSSR count). The van der Waals surface area contributed by atoms with Gasteiger partial charge in [0.1, 0.15) is 5.82 Å². The molecule has 0 radical (unpaired) electrons. The highest BCUT2D eigenvalue weighted by molar-refractivity contribution is 9.08. The highest BCUT2D eigenvalue weighted by Gasteiger charge is 2.15. The fraction of sp³-hybridized carbons (Fsp3) is 0.154. The maximum atomic E-state index is 12.9. The highest BCUT2D eigenvalue weighted by Crippen LogP contribution is 2.10. The van der Waals surface area contributed by atoms with Crippen LogP contribution in [0.15, 0.2) is 40.2 Å². The van der Waals surface area contributed by atoms with Gasteiger partial charge in [-0.2, -0.15) is 3.59 Å². The summed E-state index contributed by atoms with van der Waals surface area (Å²) in [6.07, 6.45) is 1.49. The van der Waals surface area contributed by atoms with Crippen molar-refractivity contribution in [3.63, 3.8) is 0 Å². The number of imidazole rings is 1. The molecule has 0 fully saturated rings. The normalized spacial score (nSPS) is 11.2. The molecule has 108 valence electrons. The Hall–Kier alpha value is -2.22. The first-order valence-electron chi connectivity index (χ1n) is 6.06. The van der Waals surface area contributed by atoms with E-state index >= 15 is 0 Å². The van der Waals surface area contributed by atoms with Crippen LogP contribution in [0.4, 0.5) is 4.39 Å². The molecule has 0 aliphatic heterocycles. The molecule has 2 aromatic heterocycles. The second kappa shape index (κ2) is 4.96. The smallest absolute Gasteiger partial charge is 0.320 e. The zero-order valence-electron chi connectivity index (χ0n) is 11.0. The maximum Gasteiger partial charge on any atom is 0.342 e. The summed E-state index contributed by atoms with van der Waals surface area (Å²) >= 11 is 2.95. The van der Waals surface area contributed by atoms with E-state index in [0.29, 0.717) is 17.7 Å². The van der Waals surface area contributed by atoms with Gasteiger partial charge in [-0.3, -0.25) is 9.36 Å². The minimum atomic E-state index is -0.500. The molecule has 21 heavy (non-hydrogen) atoms. The van der Waals surface area contributed by atoms with E-state index in [9.17, 15) is 14.0 Å². The third-order valence-electron chi connectivity index (χ3n) is 3.24. The predicted molar refractivity (Wildman–Crippen MR) is 79.1 cm³/mol. The van der Waals surface area contributed by atoms with Crippen LogP contribution in [0, 0.1) is 5.82 Å². The molecule has 0 unspecified atom stereocenters. The van der Waals surface area contributed by atoms with Crippen LogP contribution < -0.4 is 11.2 Å². The highest BCUT2D eigenvalue weighted by atomic mass is 79.9. The van der Waals surface area contributed by atoms with Crippen LogP contribution >= 0.6 is 16.1 Å². The van der Waals surface area contributed by atoms with Gasteiger partial charge >= 0.3 is 5.69 Å². The second-order valence-electron chi connectivity index (χ2n) is 4.60. The number of hydrogen-bond acceptors (Lipinski definition) is 3. The molecule has 0 saturated heterocycles. The molecule has 0 N–H and O–H groups in total. The van der Waals surface area contributed by atoms with E-state index in [2.05, 4.69) is 21.1 Å². The molecule has 0 spiro atoms. The molecule has 0 saturated carbocycles. The minimum absolute atomic E-state index is 0.304. The van der Waals surface area contributed by atoms with Gasteiger partial charge in [-0.1, -0.05) is 12.1 Å². The van der Waals surface area contributed by atoms with Gasteiger partial charge in [0.15, 0.2) is 11.2 Å². The van der Waals surface area contributed by atoms with E-state index < -0.39 is 11.2 Å². The van der Waals surface area contributed by atoms with Gasteiger partial charge in [-0.25, -0.2) is 14.2 Å². The van der Waals surface area contributed by atoms with Crippen LogP contribution in [0.5, 0.6) is 0 Å². The van der Waals surface area contributed by atoms with Crippen molar-refractivity contribution < 1.29 is 4.39 Å². The largest absolute Gasteiger partial charge is 0.342 e. The van der Waals surface area contributed by atoms with Gasteiger partial charge in [0.2, 0.25) is 0 Å². The standard InChI is InChI=1S/C13H10BrFN4O2/c1-17-11-10(12(20)19(14)13(17)21)18(7-16-11)6-8-2-4-9(15)5-3-8/h2-5,7H,6H2,1H3. The Morgan fingerprint density at radius 3 is 2.57 bits per heavy atom. The lowest BCUT2D eigenvalue weighted by atomic mass is 10.2. The van der Waals surface area contributed by atoms with Crippen molar-refractivity contribution in [1.82, 2.24) is 17.7 Å². The monoisotopic (exact) mass is 352 g/mol. The van der Waals surface area contributed by atoms with E-state index in [4.69, 9.17) is 0 Å². The van der Waals surface area contributed by atoms with E-state index in [0.717, 1.165) is 9.16 Å². The van der Waals surface area contributed by atoms with Crippen LogP contribution in [0.1, 0.15) is 5.56 Å². The van der Waals surface area contributed by atoms with Crippen molar-refractivity contribution in [3.8, 4) is 0 Å². The lowest BCUT2D eigenvalue weighted by Gasteiger charge is -2.06. The first kappa shape index (κ1) is 13.7. The average molecular weight is 353 g/mol. The molecule has 0 bridgehead atoms. The number of nitrogens with zero attached hydrogens (tertiary/aromatic N) is 4. The second-order valence-corrected chi connectivity index (χ2v) is 5.31. The van der Waals surface area contributed by atoms with Crippen molar-refractivity contribution in [1.29, 1.82) is 0 Å². The Kier molecular flexibility index (Phi) is 3.25. The first-order valence-corrected chi connectivity index (χ1v) is 6.77. The van der Waals surface area contributed by atoms with Crippen LogP contribution in [0.25, 0.3) is 11.2 Å². The fourth-order valence-corrected chi connectivity index (χ4v) is 2.55. The number of hydrogen-bond donors (Lipinski definition) is 0. The first-order chi connectivity index (χ1) is 9.99. The molecule has 0 amide bonds. The molecular weight excluding hydrogens is 343 g/mol. The average Bonchev–Trinajstić information content (AvgIpc) is 2.89. The molecule has 2 heterocycles. The van der Waals surface area contributed by atoms with E-state index in [-0.39, 0.29) is 5.82 Å². The molecule has 0 aliphatic carbocycles. The summed E-state index contributed by atoms with van der Waals surface area (Å²) in [5.74, 6) is -0.320. The Morgan fingerprint density at radius 2 is 1.90 bits per heavy atom. The summed E-state index contributed by atoms with van der Waals surface area (Å²) < 4.78 is 16.7. The molecular formula is C13H10BrFN4O2. The number of rotatable bonds is 2. The van der Waals surface area contributed by atoms with E-state index in [1.54, 1.807) is 16.7 Å². The van der Waals surface area contributed by atoms with Crippen molar-refractivity contribution in [2.45, 2.75) is 6.54 Å². The van der Waals surface area contributed by atoms with Crippen molar-refractivity contribution >= 4 is 27.3 Å². The number of aryl methyl sites for hydroxylation is 1. The summed E-state index contributed by atoms with van der Waals surface area (Å²) in [6.45, 7) is 0.358. The van der Waals surface area contributed by atoms with Gasteiger partial charge in [0, 0.05) is 13.6 Å². The van der Waals surface area contributed by atoms with Crippen LogP contribution in [0.2, 0.25) is 0 Å². The van der Waals surface area contributed by atoms with Gasteiger partial charge in [-0.15, -0.1) is 0 Å². The lowest BCUT2D eigenvalue weighted by molar-refractivity contribution is 0.626. The minimum Gasteiger partial charge on any atom is -0.320 e. The summed E-state index contributed by atoms with van der Waals surface area (Å²) in [6, 6.07) is 5.98. The summed E-state index contributed by atoms with van der Waals surface area (Å²) in [5.41, 5.74) is 0.457. The third kappa shape index (κ3) is 2.21. The van der Waals surface area contributed by atoms with E-state index in [1.807, 2.05) is 0 Å². The van der Waals surface area contributed by atoms with Gasteiger partial charge in [-0.05, 0) is 17.7 Å². The van der Waals surface area contributed by atoms with Crippen LogP contribution in [-0.4, -0.2) is 17.7 Å². The zero-order valence-corrected chi connectivity index (χ0v) is 12.5. The Labute approximate surface area is 126 Å². The molecule has 0 atom stereocenters. The molecule has 1 aromatic carbocycles. The fourth-order valence-electron chi connectivity index (χ4n) is 2.14. The topological polar surface area (TPSA) is 61.8 Å². The molecule has 8 heteroatoms. The molecule has 3 aromatic rings. The van der Waals surface area contributed by atoms with Crippen molar-refractivity contribution in [2.24, 2.45) is 7.05 Å². The predicted octanol–water partition coefficient (Wildman–Crippen LogP) is 1.24. The van der Waals surface area contributed by atoms with Gasteiger partial charge in [0.25, 0.3) is 5.56 Å². The number of fused-ring (bicyclic) bond motifs is 1. The lowest BCUT2D eigenvalue weighted by Crippen LogP contribution is -2.34. The van der Waals surface area contributed by atoms with Gasteiger partial charge < -0.3 is 4.57 Å². The third-order valence-corrected chi connectivity index (χ3v) is 3.86. The summed E-state index contributed by atoms with van der Waals surface area (Å²) in [5, 5.41) is 0. The van der Waals surface area contributed by atoms with Crippen LogP contribution in [-0.2, 0) is 13.6 Å². The zero-order chi connectivity index (χ0) is 15.1. The molecule has 6 nitrogen and oxygen atoms in total. The summed E-state index contributed by atoms with van der Waals surface area (Å²) in [7, 11) is 1.54. The Balaban J connectivity index is 2.19. The van der Waals surface area contributed by atoms with Crippen molar-refractivity contribution in [2.75, 3.05) is 0 Å². The number of benzene rings is 1. The van der Waals surface area contributed by atoms with E-state index in [1.165, 1.54) is 30.1 Å². The number of aromatic nitrogens is 4. The molecule has 0 aliphatic rings. The Bertz CT molecular complexity index is 940. The maximum absolute atomic E-state index is 12.9. The van der Waals surface area contributed by atoms with Crippen LogP contribution in [0.3, 0.4) is 0 Å². The van der Waals surface area contributed by atoms with Crippen molar-refractivity contribution in [3.05, 3.63) is 62.8 Å². The summed E-state index contributed by atoms with van der Waals surface area (Å²) in [4.78, 5) is 28.1. The van der Waals surface area contributed by atoms with Gasteiger partial charge in [0.05, 0.1) is 22.5 Å². The SMILES string of the molecule is Cn1c(=O)n(Br)c(=O)c2c1ncn2Cc1ccc(F)cc1. The number of halogens is 2. The quantitative estimate of drug-likeness (QED) is 0.697. The Morgan fingerprint density at radius 1 is 1.24 bits per heavy atom.